The Labute approximate surface area is 205 Å². The summed E-state index contributed by atoms with van der Waals surface area (Å²) in [6.07, 6.45) is 3.83. The zero-order chi connectivity index (χ0) is 25.1. The maximum atomic E-state index is 13.3. The zero-order valence-electron chi connectivity index (χ0n) is 21.2. The van der Waals surface area contributed by atoms with E-state index in [1.165, 1.54) is 23.2 Å². The molecule has 1 amide bonds. The molecule has 0 unspecified atom stereocenters. The summed E-state index contributed by atoms with van der Waals surface area (Å²) in [5.74, 6) is 0.957. The van der Waals surface area contributed by atoms with Gasteiger partial charge in [-0.3, -0.25) is 9.59 Å². The number of carbonyl (C=O) groups excluding carboxylic acids is 1. The van der Waals surface area contributed by atoms with Crippen LogP contribution in [0.1, 0.15) is 43.6 Å². The maximum Gasteiger partial charge on any atom is 0.276 e. The molecule has 0 spiro atoms. The molecule has 1 N–H and O–H groups in total. The van der Waals surface area contributed by atoms with Gasteiger partial charge in [0, 0.05) is 43.0 Å². The third-order valence-corrected chi connectivity index (χ3v) is 7.07. The number of hydrogen-bond donors (Lipinski definition) is 1. The monoisotopic (exact) mass is 481 g/mol. The molecule has 1 aliphatic rings. The number of carbonyl (C=O) groups is 1. The summed E-state index contributed by atoms with van der Waals surface area (Å²) in [6, 6.07) is 6.35. The number of nitrogens with zero attached hydrogens (tertiary/aromatic N) is 4. The topological polar surface area (TPSA) is 72.2 Å². The van der Waals surface area contributed by atoms with E-state index in [9.17, 15) is 14.0 Å². The highest BCUT2D eigenvalue weighted by molar-refractivity contribution is 5.87. The van der Waals surface area contributed by atoms with Crippen molar-refractivity contribution in [2.24, 2.45) is 11.8 Å². The quantitative estimate of drug-likeness (QED) is 0.500. The van der Waals surface area contributed by atoms with E-state index in [0.29, 0.717) is 18.5 Å². The second kappa shape index (κ2) is 10.7. The fraction of sp³-hybridized carbons (Fsp3) is 0.519. The van der Waals surface area contributed by atoms with Crippen molar-refractivity contribution >= 4 is 16.7 Å². The van der Waals surface area contributed by atoms with Crippen molar-refractivity contribution in [2.45, 2.75) is 53.6 Å². The minimum atomic E-state index is -0.277. The Morgan fingerprint density at radius 1 is 1.11 bits per heavy atom. The van der Waals surface area contributed by atoms with Gasteiger partial charge in [-0.2, -0.15) is 5.10 Å². The molecule has 0 bridgehead atoms. The molecule has 2 aromatic heterocycles. The number of aromatic nitrogens is 3. The van der Waals surface area contributed by atoms with E-state index in [1.807, 2.05) is 18.4 Å². The first-order valence-electron chi connectivity index (χ1n) is 12.5. The number of likely N-dealkylation sites (tertiary alicyclic amines) is 1. The third-order valence-electron chi connectivity index (χ3n) is 7.07. The van der Waals surface area contributed by atoms with Crippen LogP contribution in [-0.2, 0) is 17.9 Å². The summed E-state index contributed by atoms with van der Waals surface area (Å²) in [5, 5.41) is 8.55. The van der Waals surface area contributed by atoms with Crippen molar-refractivity contribution in [3.63, 3.8) is 0 Å². The summed E-state index contributed by atoms with van der Waals surface area (Å²) in [5.41, 5.74) is 2.41. The van der Waals surface area contributed by atoms with Crippen LogP contribution in [0.15, 0.2) is 35.3 Å². The van der Waals surface area contributed by atoms with Gasteiger partial charge in [0.2, 0.25) is 5.91 Å². The lowest BCUT2D eigenvalue weighted by atomic mass is 9.92. The molecule has 0 saturated carbocycles. The first-order chi connectivity index (χ1) is 16.7. The van der Waals surface area contributed by atoms with Crippen LogP contribution < -0.4 is 10.9 Å². The third kappa shape index (κ3) is 5.81. The molecule has 1 aromatic carbocycles. The number of hydrogen-bond acceptors (Lipinski definition) is 4. The normalized spacial score (nSPS) is 18.8. The molecule has 2 atom stereocenters. The van der Waals surface area contributed by atoms with Crippen molar-refractivity contribution < 1.29 is 9.18 Å². The maximum absolute atomic E-state index is 13.3. The lowest BCUT2D eigenvalue weighted by molar-refractivity contribution is -0.121. The van der Waals surface area contributed by atoms with Crippen molar-refractivity contribution in [3.05, 3.63) is 63.6 Å². The van der Waals surface area contributed by atoms with Gasteiger partial charge in [0.25, 0.3) is 5.56 Å². The highest BCUT2D eigenvalue weighted by atomic mass is 19.1. The van der Waals surface area contributed by atoms with Crippen LogP contribution in [0, 0.1) is 31.5 Å². The Hall–Kier alpha value is -3.00. The molecule has 3 heterocycles. The molecule has 1 saturated heterocycles. The Morgan fingerprint density at radius 2 is 1.80 bits per heavy atom. The molecule has 1 fully saturated rings. The van der Waals surface area contributed by atoms with Crippen LogP contribution in [0.5, 0.6) is 0 Å². The van der Waals surface area contributed by atoms with E-state index in [4.69, 9.17) is 0 Å². The summed E-state index contributed by atoms with van der Waals surface area (Å²) >= 11 is 0. The van der Waals surface area contributed by atoms with Gasteiger partial charge in [0.15, 0.2) is 0 Å². The van der Waals surface area contributed by atoms with E-state index in [2.05, 4.69) is 29.2 Å². The van der Waals surface area contributed by atoms with E-state index >= 15 is 0 Å². The van der Waals surface area contributed by atoms with Gasteiger partial charge in [-0.15, -0.1) is 0 Å². The Bertz CT molecular complexity index is 1240. The first kappa shape index (κ1) is 25.1. The molecule has 7 nitrogen and oxygen atoms in total. The molecule has 1 aliphatic heterocycles. The minimum absolute atomic E-state index is 0.103. The second-order valence-electron chi connectivity index (χ2n) is 10.2. The van der Waals surface area contributed by atoms with Crippen molar-refractivity contribution in [2.75, 3.05) is 26.2 Å². The van der Waals surface area contributed by atoms with E-state index in [1.54, 1.807) is 18.3 Å². The first-order valence-corrected chi connectivity index (χ1v) is 12.5. The standard InChI is InChI=1S/C27H36FN5O2/c1-18-12-19(2)15-31(14-18)11-5-10-29-25(34)17-33-27(35)26-21(4)32(20(3)24(26)13-30-33)16-22-6-8-23(28)9-7-22/h6-9,13,18-19H,5,10-12,14-17H2,1-4H3,(H,29,34)/t18-,19-/m0/s1. The number of amides is 1. The minimum Gasteiger partial charge on any atom is -0.354 e. The Balaban J connectivity index is 1.39. The van der Waals surface area contributed by atoms with Crippen LogP contribution in [0.4, 0.5) is 4.39 Å². The lowest BCUT2D eigenvalue weighted by Gasteiger charge is -2.34. The number of nitrogens with one attached hydrogen (secondary N) is 1. The van der Waals surface area contributed by atoms with Gasteiger partial charge in [-0.25, -0.2) is 9.07 Å². The van der Waals surface area contributed by atoms with Crippen LogP contribution in [-0.4, -0.2) is 51.3 Å². The average molecular weight is 482 g/mol. The van der Waals surface area contributed by atoms with Crippen LogP contribution >= 0.6 is 0 Å². The number of benzene rings is 1. The van der Waals surface area contributed by atoms with Crippen LogP contribution in [0.2, 0.25) is 0 Å². The summed E-state index contributed by atoms with van der Waals surface area (Å²) in [6.45, 7) is 12.7. The number of rotatable bonds is 8. The van der Waals surface area contributed by atoms with E-state index < -0.39 is 0 Å². The van der Waals surface area contributed by atoms with Crippen molar-refractivity contribution in [1.82, 2.24) is 24.6 Å². The van der Waals surface area contributed by atoms with Crippen LogP contribution in [0.3, 0.4) is 0 Å². The SMILES string of the molecule is Cc1c2cnn(CC(=O)NCCCN3C[C@@H](C)C[C@H](C)C3)c(=O)c2c(C)n1Cc1ccc(F)cc1. The van der Waals surface area contributed by atoms with Crippen molar-refractivity contribution in [1.29, 1.82) is 0 Å². The van der Waals surface area contributed by atoms with E-state index in [0.717, 1.165) is 60.2 Å². The smallest absolute Gasteiger partial charge is 0.276 e. The molecular formula is C27H36FN5O2. The Kier molecular flexibility index (Phi) is 7.69. The average Bonchev–Trinajstić information content (AvgIpc) is 3.04. The molecule has 35 heavy (non-hydrogen) atoms. The fourth-order valence-electron chi connectivity index (χ4n) is 5.46. The molecule has 0 radical (unpaired) electrons. The number of halogens is 1. The molecule has 3 aromatic rings. The number of piperidine rings is 1. The van der Waals surface area contributed by atoms with Gasteiger partial charge in [-0.05, 0) is 62.8 Å². The highest BCUT2D eigenvalue weighted by Gasteiger charge is 2.21. The summed E-state index contributed by atoms with van der Waals surface area (Å²) in [7, 11) is 0. The van der Waals surface area contributed by atoms with Crippen LogP contribution in [0.25, 0.3) is 10.8 Å². The second-order valence-corrected chi connectivity index (χ2v) is 10.2. The number of fused-ring (bicyclic) bond motifs is 1. The van der Waals surface area contributed by atoms with Crippen molar-refractivity contribution in [3.8, 4) is 0 Å². The molecule has 4 rings (SSSR count). The summed E-state index contributed by atoms with van der Waals surface area (Å²) < 4.78 is 16.5. The van der Waals surface area contributed by atoms with Gasteiger partial charge in [0.05, 0.1) is 11.6 Å². The molecule has 8 heteroatoms. The zero-order valence-corrected chi connectivity index (χ0v) is 21.2. The van der Waals surface area contributed by atoms with Gasteiger partial charge in [-0.1, -0.05) is 26.0 Å². The molecule has 0 aliphatic carbocycles. The van der Waals surface area contributed by atoms with Gasteiger partial charge in [0.1, 0.15) is 12.4 Å². The fourth-order valence-corrected chi connectivity index (χ4v) is 5.46. The summed E-state index contributed by atoms with van der Waals surface area (Å²) in [4.78, 5) is 28.2. The highest BCUT2D eigenvalue weighted by Crippen LogP contribution is 2.23. The predicted octanol–water partition coefficient (Wildman–Crippen LogP) is 3.49. The molecule has 188 valence electrons. The van der Waals surface area contributed by atoms with Gasteiger partial charge >= 0.3 is 0 Å². The largest absolute Gasteiger partial charge is 0.354 e. The number of aryl methyl sites for hydroxylation is 2. The predicted molar refractivity (Wildman–Crippen MR) is 136 cm³/mol. The molecular weight excluding hydrogens is 445 g/mol. The lowest BCUT2D eigenvalue weighted by Crippen LogP contribution is -2.40. The van der Waals surface area contributed by atoms with Gasteiger partial charge < -0.3 is 14.8 Å². The van der Waals surface area contributed by atoms with E-state index in [-0.39, 0.29) is 23.8 Å². The Morgan fingerprint density at radius 3 is 2.49 bits per heavy atom.